The van der Waals surface area contributed by atoms with Gasteiger partial charge in [0.25, 0.3) is 0 Å². The van der Waals surface area contributed by atoms with Crippen LogP contribution in [0.2, 0.25) is 0 Å². The van der Waals surface area contributed by atoms with Gasteiger partial charge in [-0.3, -0.25) is 19.6 Å². The second-order valence-electron chi connectivity index (χ2n) is 5.20. The number of nitro groups is 1. The number of nitrogens with zero attached hydrogens (tertiary/aromatic N) is 3. The second kappa shape index (κ2) is 6.00. The number of rotatable bonds is 5. The van der Waals surface area contributed by atoms with Crippen LogP contribution in [-0.4, -0.2) is 37.9 Å². The topological polar surface area (TPSA) is 110 Å². The Bertz CT molecular complexity index is 493. The van der Waals surface area contributed by atoms with Gasteiger partial charge in [-0.05, 0) is 12.8 Å². The van der Waals surface area contributed by atoms with Crippen LogP contribution in [0.5, 0.6) is 0 Å². The molecule has 0 aromatic carbocycles. The summed E-state index contributed by atoms with van der Waals surface area (Å²) in [6.07, 6.45) is 6.91. The molecule has 0 saturated heterocycles. The number of aliphatic hydroxyl groups is 1. The van der Waals surface area contributed by atoms with Crippen LogP contribution in [0.4, 0.5) is 5.69 Å². The molecule has 1 aromatic heterocycles. The molecular weight excluding hydrogens is 264 g/mol. The minimum Gasteiger partial charge on any atom is -0.394 e. The van der Waals surface area contributed by atoms with Crippen molar-refractivity contribution in [2.24, 2.45) is 0 Å². The van der Waals surface area contributed by atoms with Gasteiger partial charge in [0.1, 0.15) is 18.9 Å². The Morgan fingerprint density at radius 3 is 2.75 bits per heavy atom. The lowest BCUT2D eigenvalue weighted by Crippen LogP contribution is -2.53. The van der Waals surface area contributed by atoms with E-state index in [1.165, 1.54) is 10.9 Å². The van der Waals surface area contributed by atoms with E-state index in [0.29, 0.717) is 0 Å². The molecule has 1 amide bonds. The fraction of sp³-hybridized carbons (Fsp3) is 0.667. The molecule has 8 heteroatoms. The second-order valence-corrected chi connectivity index (χ2v) is 5.20. The molecule has 1 aliphatic carbocycles. The van der Waals surface area contributed by atoms with Crippen molar-refractivity contribution in [1.82, 2.24) is 15.1 Å². The Morgan fingerprint density at radius 2 is 2.20 bits per heavy atom. The number of carbonyl (C=O) groups excluding carboxylic acids is 1. The lowest BCUT2D eigenvalue weighted by Gasteiger charge is -2.36. The van der Waals surface area contributed by atoms with Crippen LogP contribution in [0.1, 0.15) is 32.1 Å². The van der Waals surface area contributed by atoms with Crippen LogP contribution >= 0.6 is 0 Å². The Kier molecular flexibility index (Phi) is 4.33. The van der Waals surface area contributed by atoms with Gasteiger partial charge in [-0.15, -0.1) is 0 Å². The fourth-order valence-corrected chi connectivity index (χ4v) is 2.57. The van der Waals surface area contributed by atoms with Crippen molar-refractivity contribution in [3.8, 4) is 0 Å². The third-order valence-electron chi connectivity index (χ3n) is 3.65. The van der Waals surface area contributed by atoms with Gasteiger partial charge < -0.3 is 10.4 Å². The molecule has 0 radical (unpaired) electrons. The van der Waals surface area contributed by atoms with Crippen molar-refractivity contribution in [3.63, 3.8) is 0 Å². The molecule has 2 N–H and O–H groups in total. The molecule has 8 nitrogen and oxygen atoms in total. The first-order chi connectivity index (χ1) is 9.54. The highest BCUT2D eigenvalue weighted by Crippen LogP contribution is 2.27. The largest absolute Gasteiger partial charge is 0.394 e. The van der Waals surface area contributed by atoms with Gasteiger partial charge in [-0.2, -0.15) is 5.10 Å². The van der Waals surface area contributed by atoms with Gasteiger partial charge in [0, 0.05) is 0 Å². The molecule has 2 rings (SSSR count). The Labute approximate surface area is 115 Å². The van der Waals surface area contributed by atoms with E-state index < -0.39 is 10.5 Å². The van der Waals surface area contributed by atoms with Crippen LogP contribution < -0.4 is 5.32 Å². The zero-order chi connectivity index (χ0) is 14.6. The van der Waals surface area contributed by atoms with Crippen molar-refractivity contribution < 1.29 is 14.8 Å². The number of aliphatic hydroxyl groups excluding tert-OH is 1. The molecule has 1 aliphatic rings. The predicted molar refractivity (Wildman–Crippen MR) is 69.9 cm³/mol. The standard InChI is InChI=1S/C12H18N4O4/c17-9-12(4-2-1-3-5-12)14-11(18)8-15-7-10(6-13-15)16(19)20/h6-7,17H,1-5,8-9H2,(H,14,18). The van der Waals surface area contributed by atoms with Crippen LogP contribution in [0.25, 0.3) is 0 Å². The van der Waals surface area contributed by atoms with Gasteiger partial charge in [-0.25, -0.2) is 0 Å². The lowest BCUT2D eigenvalue weighted by molar-refractivity contribution is -0.385. The number of hydrogen-bond acceptors (Lipinski definition) is 5. The summed E-state index contributed by atoms with van der Waals surface area (Å²) in [7, 11) is 0. The molecule has 1 fully saturated rings. The fourth-order valence-electron chi connectivity index (χ4n) is 2.57. The summed E-state index contributed by atoms with van der Waals surface area (Å²) in [5.74, 6) is -0.293. The normalized spacial score (nSPS) is 17.6. The number of hydrogen-bond donors (Lipinski definition) is 2. The minimum absolute atomic E-state index is 0.0853. The van der Waals surface area contributed by atoms with Crippen LogP contribution in [0.3, 0.4) is 0 Å². The lowest BCUT2D eigenvalue weighted by atomic mass is 9.82. The first-order valence-corrected chi connectivity index (χ1v) is 6.63. The van der Waals surface area contributed by atoms with E-state index in [1.54, 1.807) is 0 Å². The van der Waals surface area contributed by atoms with Gasteiger partial charge in [0.05, 0.1) is 17.1 Å². The van der Waals surface area contributed by atoms with Crippen molar-refractivity contribution in [3.05, 3.63) is 22.5 Å². The average Bonchev–Trinajstić information content (AvgIpc) is 2.88. The summed E-state index contributed by atoms with van der Waals surface area (Å²) in [6.45, 7) is -0.173. The third kappa shape index (κ3) is 3.32. The molecule has 1 heterocycles. The maximum absolute atomic E-state index is 12.0. The Balaban J connectivity index is 1.95. The van der Waals surface area contributed by atoms with Crippen molar-refractivity contribution in [1.29, 1.82) is 0 Å². The van der Waals surface area contributed by atoms with Crippen LogP contribution in [0.15, 0.2) is 12.4 Å². The van der Waals surface area contributed by atoms with Gasteiger partial charge in [-0.1, -0.05) is 19.3 Å². The molecule has 0 spiro atoms. The van der Waals surface area contributed by atoms with Crippen molar-refractivity contribution >= 4 is 11.6 Å². The van der Waals surface area contributed by atoms with E-state index in [9.17, 15) is 20.0 Å². The van der Waals surface area contributed by atoms with E-state index in [1.807, 2.05) is 0 Å². The van der Waals surface area contributed by atoms with Gasteiger partial charge in [0.15, 0.2) is 0 Å². The third-order valence-corrected chi connectivity index (χ3v) is 3.65. The Morgan fingerprint density at radius 1 is 1.50 bits per heavy atom. The van der Waals surface area contributed by atoms with Gasteiger partial charge in [0.2, 0.25) is 5.91 Å². The molecular formula is C12H18N4O4. The number of nitrogens with one attached hydrogen (secondary N) is 1. The molecule has 0 unspecified atom stereocenters. The molecule has 1 saturated carbocycles. The minimum atomic E-state index is -0.558. The smallest absolute Gasteiger partial charge is 0.307 e. The SMILES string of the molecule is O=C(Cn1cc([N+](=O)[O-])cn1)NC1(CO)CCCCC1. The quantitative estimate of drug-likeness (QED) is 0.607. The predicted octanol–water partition coefficient (Wildman–Crippen LogP) is 0.603. The van der Waals surface area contributed by atoms with E-state index in [-0.39, 0.29) is 24.7 Å². The summed E-state index contributed by atoms with van der Waals surface area (Å²) in [5, 5.41) is 26.7. The van der Waals surface area contributed by atoms with Crippen LogP contribution in [-0.2, 0) is 11.3 Å². The molecule has 110 valence electrons. The van der Waals surface area contributed by atoms with Crippen LogP contribution in [0, 0.1) is 10.1 Å². The number of carbonyl (C=O) groups is 1. The molecule has 20 heavy (non-hydrogen) atoms. The van der Waals surface area contributed by atoms with Gasteiger partial charge >= 0.3 is 5.69 Å². The van der Waals surface area contributed by atoms with E-state index in [4.69, 9.17) is 0 Å². The summed E-state index contributed by atoms with van der Waals surface area (Å²) < 4.78 is 1.22. The molecule has 0 bridgehead atoms. The summed E-state index contributed by atoms with van der Waals surface area (Å²) in [5.41, 5.74) is -0.693. The van der Waals surface area contributed by atoms with E-state index in [0.717, 1.165) is 38.3 Å². The zero-order valence-corrected chi connectivity index (χ0v) is 11.1. The first-order valence-electron chi connectivity index (χ1n) is 6.63. The maximum atomic E-state index is 12.0. The zero-order valence-electron chi connectivity index (χ0n) is 11.1. The maximum Gasteiger partial charge on any atom is 0.307 e. The number of amides is 1. The highest BCUT2D eigenvalue weighted by atomic mass is 16.6. The monoisotopic (exact) mass is 282 g/mol. The molecule has 1 aromatic rings. The van der Waals surface area contributed by atoms with Crippen molar-refractivity contribution in [2.45, 2.75) is 44.2 Å². The Hall–Kier alpha value is -1.96. The molecule has 0 aliphatic heterocycles. The summed E-state index contributed by atoms with van der Waals surface area (Å²) in [4.78, 5) is 21.9. The highest BCUT2D eigenvalue weighted by Gasteiger charge is 2.32. The first kappa shape index (κ1) is 14.4. The highest BCUT2D eigenvalue weighted by molar-refractivity contribution is 5.76. The van der Waals surface area contributed by atoms with E-state index in [2.05, 4.69) is 10.4 Å². The average molecular weight is 282 g/mol. The van der Waals surface area contributed by atoms with Crippen molar-refractivity contribution in [2.75, 3.05) is 6.61 Å². The molecule has 0 atom stereocenters. The summed E-state index contributed by atoms with van der Waals surface area (Å²) >= 11 is 0. The summed E-state index contributed by atoms with van der Waals surface area (Å²) in [6, 6.07) is 0. The van der Waals surface area contributed by atoms with E-state index >= 15 is 0 Å². The number of aromatic nitrogens is 2.